The van der Waals surface area contributed by atoms with E-state index < -0.39 is 0 Å². The molecule has 0 saturated carbocycles. The summed E-state index contributed by atoms with van der Waals surface area (Å²) in [7, 11) is 1.69. The van der Waals surface area contributed by atoms with Crippen molar-refractivity contribution in [1.29, 1.82) is 0 Å². The van der Waals surface area contributed by atoms with Gasteiger partial charge in [0.25, 0.3) is 0 Å². The number of aromatic nitrogens is 2. The van der Waals surface area contributed by atoms with Crippen LogP contribution in [0.1, 0.15) is 49.8 Å². The largest absolute Gasteiger partial charge is 0.359 e. The molecule has 1 N–H and O–H groups in total. The summed E-state index contributed by atoms with van der Waals surface area (Å²) in [6.07, 6.45) is 6.86. The van der Waals surface area contributed by atoms with Gasteiger partial charge < -0.3 is 10.2 Å². The van der Waals surface area contributed by atoms with Crippen LogP contribution < -0.4 is 10.2 Å². The standard InChI is InChI=1S/C28H33ClN4O/c1-20-10-12-21(13-11-20)27-26(22-14-16-23(29)17-15-22)31-24-8-7-19-33(28(24)32-27)18-6-4-3-5-9-25(34)30-2/h10-17H,3-9,18-19H2,1-2H3,(H,30,34). The van der Waals surface area contributed by atoms with Gasteiger partial charge in [-0.3, -0.25) is 4.79 Å². The van der Waals surface area contributed by atoms with E-state index in [2.05, 4.69) is 41.4 Å². The molecule has 0 fully saturated rings. The van der Waals surface area contributed by atoms with Crippen molar-refractivity contribution < 1.29 is 4.79 Å². The van der Waals surface area contributed by atoms with Crippen molar-refractivity contribution in [2.75, 3.05) is 25.0 Å². The van der Waals surface area contributed by atoms with Gasteiger partial charge in [-0.2, -0.15) is 0 Å². The fourth-order valence-electron chi connectivity index (χ4n) is 4.43. The van der Waals surface area contributed by atoms with Crippen LogP contribution in [0.4, 0.5) is 5.82 Å². The molecular formula is C28H33ClN4O. The number of fused-ring (bicyclic) bond motifs is 1. The molecule has 178 valence electrons. The van der Waals surface area contributed by atoms with Crippen molar-refractivity contribution in [1.82, 2.24) is 15.3 Å². The van der Waals surface area contributed by atoms with E-state index >= 15 is 0 Å². The zero-order chi connectivity index (χ0) is 23.9. The third-order valence-electron chi connectivity index (χ3n) is 6.39. The van der Waals surface area contributed by atoms with Gasteiger partial charge in [-0.05, 0) is 44.7 Å². The molecule has 1 amide bonds. The number of carbonyl (C=O) groups excluding carboxylic acids is 1. The third-order valence-corrected chi connectivity index (χ3v) is 6.64. The van der Waals surface area contributed by atoms with Crippen molar-refractivity contribution in [3.05, 3.63) is 64.8 Å². The fraction of sp³-hybridized carbons (Fsp3) is 0.393. The minimum Gasteiger partial charge on any atom is -0.359 e. The van der Waals surface area contributed by atoms with Crippen molar-refractivity contribution in [2.24, 2.45) is 0 Å². The highest BCUT2D eigenvalue weighted by molar-refractivity contribution is 6.30. The summed E-state index contributed by atoms with van der Waals surface area (Å²) in [6, 6.07) is 16.4. The molecule has 5 nitrogen and oxygen atoms in total. The van der Waals surface area contributed by atoms with E-state index in [9.17, 15) is 4.79 Å². The summed E-state index contributed by atoms with van der Waals surface area (Å²) in [5.74, 6) is 1.14. The Morgan fingerprint density at radius 1 is 0.941 bits per heavy atom. The molecule has 0 aliphatic carbocycles. The summed E-state index contributed by atoms with van der Waals surface area (Å²) in [5, 5.41) is 3.41. The maximum atomic E-state index is 11.4. The molecule has 0 saturated heterocycles. The van der Waals surface area contributed by atoms with Crippen LogP contribution in [0.2, 0.25) is 5.02 Å². The maximum absolute atomic E-state index is 11.4. The Morgan fingerprint density at radius 2 is 1.59 bits per heavy atom. The van der Waals surface area contributed by atoms with Crippen molar-refractivity contribution in [3.63, 3.8) is 0 Å². The number of rotatable bonds is 9. The lowest BCUT2D eigenvalue weighted by molar-refractivity contribution is -0.120. The van der Waals surface area contributed by atoms with Gasteiger partial charge in [-0.1, -0.05) is 66.4 Å². The van der Waals surface area contributed by atoms with Gasteiger partial charge >= 0.3 is 0 Å². The first kappa shape index (κ1) is 24.2. The molecule has 34 heavy (non-hydrogen) atoms. The Hall–Kier alpha value is -2.92. The molecule has 0 atom stereocenters. The third kappa shape index (κ3) is 5.95. The lowest BCUT2D eigenvalue weighted by atomic mass is 10.0. The number of unbranched alkanes of at least 4 members (excludes halogenated alkanes) is 3. The van der Waals surface area contributed by atoms with Crippen LogP contribution >= 0.6 is 11.6 Å². The highest BCUT2D eigenvalue weighted by Gasteiger charge is 2.23. The quantitative estimate of drug-likeness (QED) is 0.372. The molecule has 4 rings (SSSR count). The number of nitrogens with one attached hydrogen (secondary N) is 1. The lowest BCUT2D eigenvalue weighted by Gasteiger charge is -2.30. The van der Waals surface area contributed by atoms with Crippen LogP contribution in [-0.4, -0.2) is 36.0 Å². The van der Waals surface area contributed by atoms with Gasteiger partial charge in [0.05, 0.1) is 17.1 Å². The Morgan fingerprint density at radius 3 is 2.29 bits per heavy atom. The number of hydrogen-bond acceptors (Lipinski definition) is 4. The molecular weight excluding hydrogens is 444 g/mol. The second kappa shape index (κ2) is 11.5. The van der Waals surface area contributed by atoms with E-state index in [0.29, 0.717) is 11.4 Å². The number of benzene rings is 2. The van der Waals surface area contributed by atoms with Gasteiger partial charge in [-0.15, -0.1) is 0 Å². The molecule has 1 aromatic heterocycles. The predicted molar refractivity (Wildman–Crippen MR) is 140 cm³/mol. The number of anilines is 1. The SMILES string of the molecule is CNC(=O)CCCCCCN1CCCc2nc(-c3ccc(Cl)cc3)c(-c3ccc(C)cc3)nc21. The topological polar surface area (TPSA) is 58.1 Å². The number of hydrogen-bond donors (Lipinski definition) is 1. The molecule has 2 aromatic carbocycles. The molecule has 1 aliphatic rings. The van der Waals surface area contributed by atoms with Crippen molar-refractivity contribution >= 4 is 23.3 Å². The first-order chi connectivity index (χ1) is 16.5. The summed E-state index contributed by atoms with van der Waals surface area (Å²) >= 11 is 6.15. The average Bonchev–Trinajstić information content (AvgIpc) is 2.86. The van der Waals surface area contributed by atoms with Gasteiger partial charge in [0, 0.05) is 42.7 Å². The predicted octanol–water partition coefficient (Wildman–Crippen LogP) is 6.22. The summed E-state index contributed by atoms with van der Waals surface area (Å²) in [4.78, 5) is 24.2. The molecule has 0 radical (unpaired) electrons. The van der Waals surface area contributed by atoms with Crippen LogP contribution in [0.25, 0.3) is 22.5 Å². The van der Waals surface area contributed by atoms with E-state index in [0.717, 1.165) is 85.6 Å². The van der Waals surface area contributed by atoms with Gasteiger partial charge in [0.2, 0.25) is 5.91 Å². The van der Waals surface area contributed by atoms with E-state index in [1.165, 1.54) is 5.56 Å². The number of amides is 1. The average molecular weight is 477 g/mol. The number of aryl methyl sites for hydroxylation is 2. The van der Waals surface area contributed by atoms with Crippen molar-refractivity contribution in [3.8, 4) is 22.5 Å². The molecule has 0 bridgehead atoms. The van der Waals surface area contributed by atoms with E-state index in [4.69, 9.17) is 21.6 Å². The van der Waals surface area contributed by atoms with E-state index in [1.807, 2.05) is 24.3 Å². The molecule has 2 heterocycles. The smallest absolute Gasteiger partial charge is 0.219 e. The lowest BCUT2D eigenvalue weighted by Crippen LogP contribution is -2.32. The highest BCUT2D eigenvalue weighted by atomic mass is 35.5. The van der Waals surface area contributed by atoms with Crippen LogP contribution in [0.3, 0.4) is 0 Å². The summed E-state index contributed by atoms with van der Waals surface area (Å²) in [6.45, 7) is 4.07. The van der Waals surface area contributed by atoms with Crippen LogP contribution in [-0.2, 0) is 11.2 Å². The molecule has 3 aromatic rings. The molecule has 6 heteroatoms. The second-order valence-corrected chi connectivity index (χ2v) is 9.43. The van der Waals surface area contributed by atoms with Crippen LogP contribution in [0.5, 0.6) is 0 Å². The first-order valence-electron chi connectivity index (χ1n) is 12.2. The molecule has 1 aliphatic heterocycles. The Bertz CT molecular complexity index is 1110. The van der Waals surface area contributed by atoms with E-state index in [1.54, 1.807) is 7.05 Å². The summed E-state index contributed by atoms with van der Waals surface area (Å²) in [5.41, 5.74) is 6.23. The second-order valence-electron chi connectivity index (χ2n) is 8.99. The van der Waals surface area contributed by atoms with E-state index in [-0.39, 0.29) is 5.91 Å². The fourth-order valence-corrected chi connectivity index (χ4v) is 4.56. The normalized spacial score (nSPS) is 13.0. The van der Waals surface area contributed by atoms with Gasteiger partial charge in [0.15, 0.2) is 5.82 Å². The monoisotopic (exact) mass is 476 g/mol. The minimum absolute atomic E-state index is 0.125. The van der Waals surface area contributed by atoms with Crippen LogP contribution in [0, 0.1) is 6.92 Å². The Labute approximate surface area is 207 Å². The zero-order valence-corrected chi connectivity index (χ0v) is 20.9. The minimum atomic E-state index is 0.125. The number of carbonyl (C=O) groups is 1. The maximum Gasteiger partial charge on any atom is 0.219 e. The van der Waals surface area contributed by atoms with Crippen molar-refractivity contribution in [2.45, 2.75) is 51.9 Å². The first-order valence-corrected chi connectivity index (χ1v) is 12.6. The Kier molecular flexibility index (Phi) is 8.17. The molecule has 0 spiro atoms. The zero-order valence-electron chi connectivity index (χ0n) is 20.1. The highest BCUT2D eigenvalue weighted by Crippen LogP contribution is 2.35. The number of nitrogens with zero attached hydrogens (tertiary/aromatic N) is 3. The Balaban J connectivity index is 1.57. The number of halogens is 1. The van der Waals surface area contributed by atoms with Crippen LogP contribution in [0.15, 0.2) is 48.5 Å². The molecule has 0 unspecified atom stereocenters. The van der Waals surface area contributed by atoms with Gasteiger partial charge in [-0.25, -0.2) is 9.97 Å². The van der Waals surface area contributed by atoms with Gasteiger partial charge in [0.1, 0.15) is 0 Å². The summed E-state index contributed by atoms with van der Waals surface area (Å²) < 4.78 is 0.